The molecule has 1 N–H and O–H groups in total. The molecule has 0 amide bonds. The van der Waals surface area contributed by atoms with Gasteiger partial charge in [-0.1, -0.05) is 13.3 Å². The second-order valence-electron chi connectivity index (χ2n) is 10.1. The second kappa shape index (κ2) is 9.11. The van der Waals surface area contributed by atoms with Gasteiger partial charge in [0.15, 0.2) is 0 Å². The van der Waals surface area contributed by atoms with E-state index < -0.39 is 0 Å². The minimum Gasteiger partial charge on any atom is -1.00 e. The van der Waals surface area contributed by atoms with Gasteiger partial charge in [-0.2, -0.15) is 0 Å². The molecule has 5 aliphatic rings. The number of ether oxygens (including phenoxy) is 1. The van der Waals surface area contributed by atoms with Gasteiger partial charge in [-0.15, -0.1) is 0 Å². The molecule has 0 aromatic rings. The van der Waals surface area contributed by atoms with Crippen molar-refractivity contribution in [2.24, 2.45) is 29.1 Å². The maximum atomic E-state index is 10.4. The number of aliphatic hydroxyl groups is 1. The van der Waals surface area contributed by atoms with E-state index in [0.29, 0.717) is 12.0 Å². The highest BCUT2D eigenvalue weighted by Crippen LogP contribution is 2.61. The lowest BCUT2D eigenvalue weighted by molar-refractivity contribution is -0.0744. The number of likely N-dealkylation sites (tertiary alicyclic amines) is 1. The minimum absolute atomic E-state index is 0. The first-order valence-corrected chi connectivity index (χ1v) is 11.1. The van der Waals surface area contributed by atoms with Crippen molar-refractivity contribution in [2.45, 2.75) is 77.2 Å². The third kappa shape index (κ3) is 4.96. The molecule has 0 radical (unpaired) electrons. The van der Waals surface area contributed by atoms with Crippen LogP contribution in [-0.2, 0) is 4.74 Å². The van der Waals surface area contributed by atoms with E-state index in [2.05, 4.69) is 11.8 Å². The zero-order valence-electron chi connectivity index (χ0n) is 16.7. The topological polar surface area (TPSA) is 32.7 Å². The van der Waals surface area contributed by atoms with Crippen molar-refractivity contribution in [3.63, 3.8) is 0 Å². The number of piperidine rings is 1. The molecule has 5 fully saturated rings. The Morgan fingerprint density at radius 1 is 1.12 bits per heavy atom. The van der Waals surface area contributed by atoms with E-state index in [-0.39, 0.29) is 18.5 Å². The SMILES string of the molecule is CCC1CCCN(CC(O)COCCC23CC4CC(CC(C4)C2)C3)C1.[Cl-]. The van der Waals surface area contributed by atoms with Crippen LogP contribution in [0, 0.1) is 29.1 Å². The Hall–Kier alpha value is 0.170. The summed E-state index contributed by atoms with van der Waals surface area (Å²) in [7, 11) is 0. The molecule has 0 spiro atoms. The molecule has 5 rings (SSSR count). The standard InChI is InChI=1S/C22H39NO2.ClH/c1-2-17-4-3-6-23(14-17)15-21(24)16-25-7-5-22-11-18-8-19(12-22)10-20(9-18)13-22;/h17-21,24H,2-16H2,1H3;1H/p-1. The van der Waals surface area contributed by atoms with Crippen LogP contribution in [0.4, 0.5) is 0 Å². The quantitative estimate of drug-likeness (QED) is 0.636. The fourth-order valence-electron chi connectivity index (χ4n) is 7.11. The summed E-state index contributed by atoms with van der Waals surface area (Å²) in [6, 6.07) is 0. The van der Waals surface area contributed by atoms with Crippen LogP contribution in [0.5, 0.6) is 0 Å². The zero-order valence-corrected chi connectivity index (χ0v) is 17.4. The maximum Gasteiger partial charge on any atom is 0.0900 e. The first kappa shape index (κ1) is 20.9. The van der Waals surface area contributed by atoms with E-state index in [4.69, 9.17) is 4.74 Å². The minimum atomic E-state index is -0.313. The van der Waals surface area contributed by atoms with Gasteiger partial charge in [0.1, 0.15) is 0 Å². The van der Waals surface area contributed by atoms with Gasteiger partial charge < -0.3 is 27.2 Å². The summed E-state index contributed by atoms with van der Waals surface area (Å²) in [5.41, 5.74) is 0.612. The van der Waals surface area contributed by atoms with E-state index in [1.54, 1.807) is 0 Å². The molecule has 1 saturated heterocycles. The number of aliphatic hydroxyl groups excluding tert-OH is 1. The lowest BCUT2D eigenvalue weighted by Gasteiger charge is -2.57. The Labute approximate surface area is 166 Å². The largest absolute Gasteiger partial charge is 1.00 e. The summed E-state index contributed by atoms with van der Waals surface area (Å²) < 4.78 is 5.95. The smallest absolute Gasteiger partial charge is 0.0900 e. The van der Waals surface area contributed by atoms with E-state index in [9.17, 15) is 5.11 Å². The Kier molecular flexibility index (Phi) is 7.32. The summed E-state index contributed by atoms with van der Waals surface area (Å²) in [6.45, 7) is 6.80. The van der Waals surface area contributed by atoms with Crippen molar-refractivity contribution in [3.8, 4) is 0 Å². The van der Waals surface area contributed by atoms with Crippen LogP contribution in [0.3, 0.4) is 0 Å². The van der Waals surface area contributed by atoms with Gasteiger partial charge in [-0.25, -0.2) is 0 Å². The predicted octanol–water partition coefficient (Wildman–Crippen LogP) is 1.10. The molecule has 4 heteroatoms. The van der Waals surface area contributed by atoms with Crippen LogP contribution in [0.25, 0.3) is 0 Å². The Morgan fingerprint density at radius 2 is 1.77 bits per heavy atom. The molecule has 2 atom stereocenters. The van der Waals surface area contributed by atoms with Crippen LogP contribution in [-0.4, -0.2) is 49.0 Å². The van der Waals surface area contributed by atoms with Crippen molar-refractivity contribution < 1.29 is 22.3 Å². The van der Waals surface area contributed by atoms with Crippen LogP contribution >= 0.6 is 0 Å². The van der Waals surface area contributed by atoms with E-state index in [1.165, 1.54) is 70.8 Å². The highest BCUT2D eigenvalue weighted by Gasteiger charge is 2.50. The summed E-state index contributed by atoms with van der Waals surface area (Å²) in [5.74, 6) is 3.92. The van der Waals surface area contributed by atoms with Crippen LogP contribution in [0.2, 0.25) is 0 Å². The van der Waals surface area contributed by atoms with E-state index in [1.807, 2.05) is 0 Å². The lowest BCUT2D eigenvalue weighted by Crippen LogP contribution is -3.00. The van der Waals surface area contributed by atoms with Gasteiger partial charge in [0.2, 0.25) is 0 Å². The van der Waals surface area contributed by atoms with Crippen molar-refractivity contribution >= 4 is 0 Å². The van der Waals surface area contributed by atoms with Gasteiger partial charge in [0, 0.05) is 19.7 Å². The van der Waals surface area contributed by atoms with Gasteiger partial charge in [-0.3, -0.25) is 0 Å². The Morgan fingerprint density at radius 3 is 2.38 bits per heavy atom. The molecule has 4 saturated carbocycles. The molecular formula is C22H39ClNO2-. The fraction of sp³-hybridized carbons (Fsp3) is 1.00. The first-order chi connectivity index (χ1) is 12.1. The summed E-state index contributed by atoms with van der Waals surface area (Å²) in [4.78, 5) is 2.45. The monoisotopic (exact) mass is 384 g/mol. The molecule has 2 unspecified atom stereocenters. The fourth-order valence-corrected chi connectivity index (χ4v) is 7.11. The Bertz CT molecular complexity index is 409. The molecule has 4 bridgehead atoms. The molecule has 0 aromatic heterocycles. The summed E-state index contributed by atoms with van der Waals surface area (Å²) in [6.07, 6.45) is 13.8. The number of hydrogen-bond donors (Lipinski definition) is 1. The first-order valence-electron chi connectivity index (χ1n) is 11.1. The van der Waals surface area contributed by atoms with Crippen molar-refractivity contribution in [2.75, 3.05) is 32.8 Å². The van der Waals surface area contributed by atoms with Crippen LogP contribution in [0.1, 0.15) is 71.1 Å². The van der Waals surface area contributed by atoms with Gasteiger partial charge in [0.25, 0.3) is 0 Å². The van der Waals surface area contributed by atoms with Crippen LogP contribution in [0.15, 0.2) is 0 Å². The van der Waals surface area contributed by atoms with Gasteiger partial charge in [-0.05, 0) is 93.4 Å². The number of nitrogens with zero attached hydrogens (tertiary/aromatic N) is 1. The number of hydrogen-bond acceptors (Lipinski definition) is 3. The molecular weight excluding hydrogens is 346 g/mol. The van der Waals surface area contributed by atoms with Crippen LogP contribution < -0.4 is 12.4 Å². The van der Waals surface area contributed by atoms with Crippen molar-refractivity contribution in [3.05, 3.63) is 0 Å². The number of β-amino-alcohol motifs (C(OH)–C–C–N with tert-alkyl or cyclic N) is 1. The Balaban J connectivity index is 0.00000196. The number of halogens is 1. The maximum absolute atomic E-state index is 10.4. The molecule has 1 aliphatic heterocycles. The van der Waals surface area contributed by atoms with Gasteiger partial charge >= 0.3 is 0 Å². The highest BCUT2D eigenvalue weighted by molar-refractivity contribution is 5.01. The molecule has 152 valence electrons. The molecule has 0 aromatic carbocycles. The third-order valence-electron chi connectivity index (χ3n) is 7.90. The average molecular weight is 385 g/mol. The third-order valence-corrected chi connectivity index (χ3v) is 7.90. The highest BCUT2D eigenvalue weighted by atomic mass is 35.5. The van der Waals surface area contributed by atoms with Gasteiger partial charge in [0.05, 0.1) is 12.7 Å². The molecule has 26 heavy (non-hydrogen) atoms. The predicted molar refractivity (Wildman–Crippen MR) is 102 cm³/mol. The van der Waals surface area contributed by atoms with E-state index >= 15 is 0 Å². The number of rotatable bonds is 8. The lowest BCUT2D eigenvalue weighted by atomic mass is 9.49. The molecule has 4 aliphatic carbocycles. The van der Waals surface area contributed by atoms with Crippen molar-refractivity contribution in [1.82, 2.24) is 4.90 Å². The summed E-state index contributed by atoms with van der Waals surface area (Å²) in [5, 5.41) is 10.4. The second-order valence-corrected chi connectivity index (χ2v) is 10.1. The molecule has 1 heterocycles. The average Bonchev–Trinajstić information content (AvgIpc) is 2.58. The summed E-state index contributed by atoms with van der Waals surface area (Å²) >= 11 is 0. The molecule has 3 nitrogen and oxygen atoms in total. The van der Waals surface area contributed by atoms with Crippen molar-refractivity contribution in [1.29, 1.82) is 0 Å². The normalized spacial score (nSPS) is 40.4. The van der Waals surface area contributed by atoms with E-state index in [0.717, 1.165) is 43.4 Å². The zero-order chi connectivity index (χ0) is 17.3.